The lowest BCUT2D eigenvalue weighted by Crippen LogP contribution is -2.07. The first-order chi connectivity index (χ1) is 11.5. The summed E-state index contributed by atoms with van der Waals surface area (Å²) in [5.41, 5.74) is 1.81. The van der Waals surface area contributed by atoms with E-state index in [2.05, 4.69) is 5.10 Å². The van der Waals surface area contributed by atoms with Crippen LogP contribution in [0, 0.1) is 0 Å². The van der Waals surface area contributed by atoms with E-state index in [0.29, 0.717) is 24.0 Å². The van der Waals surface area contributed by atoms with Gasteiger partial charge < -0.3 is 9.53 Å². The highest BCUT2D eigenvalue weighted by atomic mass is 35.5. The van der Waals surface area contributed by atoms with Crippen molar-refractivity contribution in [3.05, 3.63) is 51.8 Å². The van der Waals surface area contributed by atoms with Crippen molar-refractivity contribution < 1.29 is 19.1 Å². The highest BCUT2D eigenvalue weighted by Crippen LogP contribution is 2.22. The second-order valence-electron chi connectivity index (χ2n) is 5.12. The van der Waals surface area contributed by atoms with E-state index >= 15 is 0 Å². The van der Waals surface area contributed by atoms with Crippen LogP contribution in [0.3, 0.4) is 0 Å². The van der Waals surface area contributed by atoms with Gasteiger partial charge >= 0.3 is 5.97 Å². The average molecular weight is 349 g/mol. The van der Waals surface area contributed by atoms with Crippen LogP contribution < -0.4 is 0 Å². The third kappa shape index (κ3) is 3.89. The molecule has 0 radical (unpaired) electrons. The number of carbonyl (C=O) groups is 3. The third-order valence-electron chi connectivity index (χ3n) is 3.37. The Labute approximate surface area is 144 Å². The molecule has 0 saturated heterocycles. The van der Waals surface area contributed by atoms with Crippen LogP contribution in [0.1, 0.15) is 45.8 Å². The fraction of sp³-hybridized carbons (Fsp3) is 0.294. The largest absolute Gasteiger partial charge is 0.462 e. The van der Waals surface area contributed by atoms with Crippen molar-refractivity contribution in [1.29, 1.82) is 0 Å². The summed E-state index contributed by atoms with van der Waals surface area (Å²) in [6, 6.07) is 6.89. The smallest absolute Gasteiger partial charge is 0.338 e. The molecule has 0 spiro atoms. The van der Waals surface area contributed by atoms with Gasteiger partial charge in [0.05, 0.1) is 18.7 Å². The Morgan fingerprint density at radius 2 is 2.12 bits per heavy atom. The van der Waals surface area contributed by atoms with Gasteiger partial charge in [0.2, 0.25) is 0 Å². The number of esters is 1. The molecule has 0 aliphatic carbocycles. The lowest BCUT2D eigenvalue weighted by atomic mass is 10.1. The maximum Gasteiger partial charge on any atom is 0.338 e. The Kier molecular flexibility index (Phi) is 5.87. The summed E-state index contributed by atoms with van der Waals surface area (Å²) >= 11 is 6.25. The van der Waals surface area contributed by atoms with E-state index in [1.165, 1.54) is 11.6 Å². The number of nitrogens with zero attached hydrogens (tertiary/aromatic N) is 2. The van der Waals surface area contributed by atoms with Crippen LogP contribution in [0.15, 0.2) is 24.3 Å². The third-order valence-corrected chi connectivity index (χ3v) is 3.80. The van der Waals surface area contributed by atoms with Crippen molar-refractivity contribution in [3.8, 4) is 0 Å². The van der Waals surface area contributed by atoms with E-state index in [4.69, 9.17) is 16.3 Å². The van der Waals surface area contributed by atoms with Crippen LogP contribution in [0.2, 0.25) is 5.15 Å². The topological polar surface area (TPSA) is 78.3 Å². The SMILES string of the molecule is CCOC(=O)c1cccc(Cn2nc(C(C)=O)c(CC=O)c2Cl)c1. The molecular weight excluding hydrogens is 332 g/mol. The second kappa shape index (κ2) is 7.88. The maximum atomic E-state index is 11.8. The fourth-order valence-corrected chi connectivity index (χ4v) is 2.58. The molecule has 0 N–H and O–H groups in total. The predicted octanol–water partition coefficient (Wildman–Crippen LogP) is 2.71. The number of hydrogen-bond donors (Lipinski definition) is 0. The summed E-state index contributed by atoms with van der Waals surface area (Å²) in [7, 11) is 0. The Bertz CT molecular complexity index is 783. The molecule has 2 aromatic rings. The minimum Gasteiger partial charge on any atom is -0.462 e. The molecule has 6 nitrogen and oxygen atoms in total. The van der Waals surface area contributed by atoms with E-state index in [1.54, 1.807) is 25.1 Å². The standard InChI is InChI=1S/C17H17ClN2O4/c1-3-24-17(23)13-6-4-5-12(9-13)10-20-16(18)14(7-8-21)15(19-20)11(2)22/h4-6,8-9H,3,7,10H2,1-2H3. The van der Waals surface area contributed by atoms with Crippen LogP contribution in [-0.4, -0.2) is 34.4 Å². The van der Waals surface area contributed by atoms with E-state index < -0.39 is 5.97 Å². The summed E-state index contributed by atoms with van der Waals surface area (Å²) in [4.78, 5) is 34.2. The number of rotatable bonds is 7. The Balaban J connectivity index is 2.33. The van der Waals surface area contributed by atoms with Gasteiger partial charge in [0, 0.05) is 18.9 Å². The van der Waals surface area contributed by atoms with Gasteiger partial charge in [-0.05, 0) is 24.6 Å². The number of ether oxygens (including phenoxy) is 1. The Morgan fingerprint density at radius 1 is 1.38 bits per heavy atom. The van der Waals surface area contributed by atoms with Gasteiger partial charge in [0.15, 0.2) is 5.78 Å². The Morgan fingerprint density at radius 3 is 2.75 bits per heavy atom. The van der Waals surface area contributed by atoms with E-state index in [9.17, 15) is 14.4 Å². The number of aldehydes is 1. The highest BCUT2D eigenvalue weighted by molar-refractivity contribution is 6.31. The first-order valence-electron chi connectivity index (χ1n) is 7.43. The minimum atomic E-state index is -0.406. The molecule has 24 heavy (non-hydrogen) atoms. The zero-order chi connectivity index (χ0) is 17.7. The van der Waals surface area contributed by atoms with Gasteiger partial charge in [-0.2, -0.15) is 5.10 Å². The quantitative estimate of drug-likeness (QED) is 0.436. The lowest BCUT2D eigenvalue weighted by molar-refractivity contribution is -0.107. The first-order valence-corrected chi connectivity index (χ1v) is 7.81. The molecule has 0 atom stereocenters. The molecule has 0 unspecified atom stereocenters. The van der Waals surface area contributed by atoms with Crippen molar-refractivity contribution in [2.45, 2.75) is 26.8 Å². The van der Waals surface area contributed by atoms with Crippen LogP contribution in [0.4, 0.5) is 0 Å². The number of carbonyl (C=O) groups excluding carboxylic acids is 3. The van der Waals surface area contributed by atoms with Crippen LogP contribution in [0.25, 0.3) is 0 Å². The zero-order valence-electron chi connectivity index (χ0n) is 13.4. The van der Waals surface area contributed by atoms with Gasteiger partial charge in [0.25, 0.3) is 0 Å². The van der Waals surface area contributed by atoms with Crippen molar-refractivity contribution in [1.82, 2.24) is 9.78 Å². The molecule has 1 aromatic heterocycles. The summed E-state index contributed by atoms with van der Waals surface area (Å²) in [6.45, 7) is 3.68. The summed E-state index contributed by atoms with van der Waals surface area (Å²) in [5, 5.41) is 4.44. The van der Waals surface area contributed by atoms with Crippen molar-refractivity contribution >= 4 is 29.6 Å². The number of ketones is 1. The number of benzene rings is 1. The summed E-state index contributed by atoms with van der Waals surface area (Å²) < 4.78 is 6.42. The first kappa shape index (κ1) is 17.9. The maximum absolute atomic E-state index is 11.8. The van der Waals surface area contributed by atoms with Gasteiger partial charge in [0.1, 0.15) is 17.1 Å². The minimum absolute atomic E-state index is 0.0244. The molecule has 0 fully saturated rings. The second-order valence-corrected chi connectivity index (χ2v) is 5.48. The van der Waals surface area contributed by atoms with Gasteiger partial charge in [-0.3, -0.25) is 4.79 Å². The molecule has 126 valence electrons. The van der Waals surface area contributed by atoms with Gasteiger partial charge in [-0.15, -0.1) is 0 Å². The number of halogens is 1. The van der Waals surface area contributed by atoms with Crippen LogP contribution >= 0.6 is 11.6 Å². The van der Waals surface area contributed by atoms with Gasteiger partial charge in [-0.25, -0.2) is 9.48 Å². The van der Waals surface area contributed by atoms with E-state index in [0.717, 1.165) is 5.56 Å². The van der Waals surface area contributed by atoms with E-state index in [1.807, 2.05) is 6.07 Å². The van der Waals surface area contributed by atoms with Gasteiger partial charge in [-0.1, -0.05) is 23.7 Å². The van der Waals surface area contributed by atoms with Crippen LogP contribution in [0.5, 0.6) is 0 Å². The van der Waals surface area contributed by atoms with Crippen molar-refractivity contribution in [2.75, 3.05) is 6.61 Å². The fourth-order valence-electron chi connectivity index (χ4n) is 2.31. The number of aromatic nitrogens is 2. The van der Waals surface area contributed by atoms with Crippen LogP contribution in [-0.2, 0) is 22.5 Å². The zero-order valence-corrected chi connectivity index (χ0v) is 14.2. The highest BCUT2D eigenvalue weighted by Gasteiger charge is 2.19. The molecule has 1 heterocycles. The molecular formula is C17H17ClN2O4. The average Bonchev–Trinajstić information content (AvgIpc) is 2.85. The predicted molar refractivity (Wildman–Crippen MR) is 88.5 cm³/mol. The number of hydrogen-bond acceptors (Lipinski definition) is 5. The summed E-state index contributed by atoms with van der Waals surface area (Å²) in [6.07, 6.45) is 0.706. The molecule has 1 aromatic carbocycles. The molecule has 0 saturated carbocycles. The molecule has 0 bridgehead atoms. The van der Waals surface area contributed by atoms with Crippen molar-refractivity contribution in [2.24, 2.45) is 0 Å². The molecule has 0 aliphatic rings. The van der Waals surface area contributed by atoms with E-state index in [-0.39, 0.29) is 29.6 Å². The molecule has 0 amide bonds. The Hall–Kier alpha value is -2.47. The normalized spacial score (nSPS) is 10.5. The monoisotopic (exact) mass is 348 g/mol. The molecule has 2 rings (SSSR count). The van der Waals surface area contributed by atoms with Crippen molar-refractivity contribution in [3.63, 3.8) is 0 Å². The number of Topliss-reactive ketones (excluding diaryl/α,β-unsaturated/α-hetero) is 1. The molecule has 0 aliphatic heterocycles. The lowest BCUT2D eigenvalue weighted by Gasteiger charge is -2.06. The summed E-state index contributed by atoms with van der Waals surface area (Å²) in [5.74, 6) is -0.662. The molecule has 7 heteroatoms.